The van der Waals surface area contributed by atoms with Gasteiger partial charge in [-0.2, -0.15) is 11.3 Å². The first-order chi connectivity index (χ1) is 10.7. The molecule has 1 aliphatic heterocycles. The quantitative estimate of drug-likeness (QED) is 0.837. The van der Waals surface area contributed by atoms with Crippen LogP contribution in [-0.2, 0) is 6.54 Å². The molecule has 1 aliphatic rings. The summed E-state index contributed by atoms with van der Waals surface area (Å²) >= 11 is 7.16. The third kappa shape index (κ3) is 3.82. The average molecular weight is 336 g/mol. The van der Waals surface area contributed by atoms with E-state index in [1.165, 1.54) is 11.6 Å². The van der Waals surface area contributed by atoms with Gasteiger partial charge in [0.25, 0.3) is 0 Å². The number of benzene rings is 1. The summed E-state index contributed by atoms with van der Waals surface area (Å²) in [5, 5.41) is 7.96. The molecular formula is C16H19FN3S2+. The lowest BCUT2D eigenvalue weighted by Crippen LogP contribution is -3.13. The van der Waals surface area contributed by atoms with Gasteiger partial charge in [0, 0.05) is 5.56 Å². The second kappa shape index (κ2) is 7.17. The normalized spacial score (nSPS) is 15.8. The number of para-hydroxylation sites is 1. The van der Waals surface area contributed by atoms with Gasteiger partial charge in [0.05, 0.1) is 31.9 Å². The molecule has 2 N–H and O–H groups in total. The summed E-state index contributed by atoms with van der Waals surface area (Å²) in [6, 6.07) is 8.81. The van der Waals surface area contributed by atoms with Gasteiger partial charge in [-0.1, -0.05) is 12.1 Å². The van der Waals surface area contributed by atoms with E-state index in [9.17, 15) is 4.39 Å². The zero-order valence-corrected chi connectivity index (χ0v) is 13.9. The minimum Gasteiger partial charge on any atom is -0.338 e. The van der Waals surface area contributed by atoms with Gasteiger partial charge in [-0.15, -0.1) is 0 Å². The van der Waals surface area contributed by atoms with E-state index in [1.807, 2.05) is 0 Å². The van der Waals surface area contributed by atoms with Crippen LogP contribution in [0.3, 0.4) is 0 Å². The van der Waals surface area contributed by atoms with Crippen LogP contribution < -0.4 is 10.2 Å². The van der Waals surface area contributed by atoms with Crippen LogP contribution in [0.25, 0.3) is 0 Å². The highest BCUT2D eigenvalue weighted by atomic mass is 32.1. The Morgan fingerprint density at radius 2 is 2.05 bits per heavy atom. The Bertz CT molecular complexity index is 622. The van der Waals surface area contributed by atoms with E-state index in [0.717, 1.165) is 32.7 Å². The van der Waals surface area contributed by atoms with Crippen molar-refractivity contribution in [3.63, 3.8) is 0 Å². The van der Waals surface area contributed by atoms with Crippen molar-refractivity contribution in [2.45, 2.75) is 6.54 Å². The fourth-order valence-corrected chi connectivity index (χ4v) is 3.60. The Morgan fingerprint density at radius 1 is 1.27 bits per heavy atom. The van der Waals surface area contributed by atoms with Crippen molar-refractivity contribution in [2.75, 3.05) is 31.5 Å². The predicted molar refractivity (Wildman–Crippen MR) is 92.9 cm³/mol. The molecule has 3 nitrogen and oxygen atoms in total. The minimum absolute atomic E-state index is 0.272. The van der Waals surface area contributed by atoms with Gasteiger partial charge in [-0.25, -0.2) is 4.39 Å². The number of thiocarbonyl (C=S) groups is 1. The zero-order chi connectivity index (χ0) is 15.4. The van der Waals surface area contributed by atoms with Gasteiger partial charge < -0.3 is 15.1 Å². The van der Waals surface area contributed by atoms with E-state index in [4.69, 9.17) is 12.2 Å². The van der Waals surface area contributed by atoms with Crippen LogP contribution in [0, 0.1) is 5.82 Å². The van der Waals surface area contributed by atoms with Crippen LogP contribution in [0.2, 0.25) is 0 Å². The summed E-state index contributed by atoms with van der Waals surface area (Å²) in [6.45, 7) is 4.98. The number of thiophene rings is 1. The second-order valence-corrected chi connectivity index (χ2v) is 6.62. The largest absolute Gasteiger partial charge is 0.338 e. The lowest BCUT2D eigenvalue weighted by molar-refractivity contribution is -0.917. The van der Waals surface area contributed by atoms with E-state index in [2.05, 4.69) is 27.0 Å². The molecule has 3 rings (SSSR count). The Morgan fingerprint density at radius 3 is 2.73 bits per heavy atom. The van der Waals surface area contributed by atoms with E-state index < -0.39 is 0 Å². The molecule has 1 fully saturated rings. The summed E-state index contributed by atoms with van der Waals surface area (Å²) in [5.74, 6) is -0.272. The number of hydrogen-bond acceptors (Lipinski definition) is 2. The fraction of sp³-hybridized carbons (Fsp3) is 0.312. The Labute approximate surface area is 139 Å². The smallest absolute Gasteiger partial charge is 0.173 e. The molecule has 2 heterocycles. The van der Waals surface area contributed by atoms with Crippen molar-refractivity contribution in [3.8, 4) is 0 Å². The van der Waals surface area contributed by atoms with Crippen LogP contribution in [0.5, 0.6) is 0 Å². The third-order valence-corrected chi connectivity index (χ3v) is 5.00. The molecule has 0 spiro atoms. The summed E-state index contributed by atoms with van der Waals surface area (Å²) in [5.41, 5.74) is 1.85. The monoisotopic (exact) mass is 336 g/mol. The topological polar surface area (TPSA) is 19.7 Å². The summed E-state index contributed by atoms with van der Waals surface area (Å²) in [7, 11) is 0. The highest BCUT2D eigenvalue weighted by molar-refractivity contribution is 7.80. The first kappa shape index (κ1) is 15.4. The lowest BCUT2D eigenvalue weighted by atomic mass is 10.2. The number of nitrogens with zero attached hydrogens (tertiary/aromatic N) is 1. The Balaban J connectivity index is 1.50. The van der Waals surface area contributed by atoms with Crippen LogP contribution in [0.4, 0.5) is 10.1 Å². The molecule has 0 saturated carbocycles. The molecule has 0 unspecified atom stereocenters. The standard InChI is InChI=1S/C16H18FN3S2/c17-14-3-1-2-4-15(14)18-16(21)20-8-6-19(7-9-20)11-13-5-10-22-12-13/h1-5,10,12H,6-9,11H2,(H,18,21)/p+1. The van der Waals surface area contributed by atoms with Crippen LogP contribution >= 0.6 is 23.6 Å². The molecule has 0 aliphatic carbocycles. The van der Waals surface area contributed by atoms with Gasteiger partial charge in [0.1, 0.15) is 12.4 Å². The molecule has 116 valence electrons. The average Bonchev–Trinajstić information content (AvgIpc) is 3.03. The molecule has 6 heteroatoms. The van der Waals surface area contributed by atoms with Gasteiger partial charge in [0.2, 0.25) is 0 Å². The molecule has 1 aromatic carbocycles. The number of hydrogen-bond donors (Lipinski definition) is 2. The van der Waals surface area contributed by atoms with Crippen molar-refractivity contribution >= 4 is 34.4 Å². The molecule has 1 aromatic heterocycles. The van der Waals surface area contributed by atoms with Crippen LogP contribution in [0.15, 0.2) is 41.1 Å². The van der Waals surface area contributed by atoms with Crippen molar-refractivity contribution in [3.05, 3.63) is 52.5 Å². The van der Waals surface area contributed by atoms with E-state index in [-0.39, 0.29) is 5.82 Å². The molecule has 1 saturated heterocycles. The molecule has 0 radical (unpaired) electrons. The number of rotatable bonds is 3. The number of piperazine rings is 1. The molecule has 22 heavy (non-hydrogen) atoms. The maximum atomic E-state index is 13.6. The van der Waals surface area contributed by atoms with E-state index in [0.29, 0.717) is 10.8 Å². The lowest BCUT2D eigenvalue weighted by Gasteiger charge is -2.33. The zero-order valence-electron chi connectivity index (χ0n) is 12.2. The van der Waals surface area contributed by atoms with E-state index >= 15 is 0 Å². The highest BCUT2D eigenvalue weighted by Gasteiger charge is 2.22. The first-order valence-electron chi connectivity index (χ1n) is 7.37. The summed E-state index contributed by atoms with van der Waals surface area (Å²) in [6.07, 6.45) is 0. The first-order valence-corrected chi connectivity index (χ1v) is 8.72. The van der Waals surface area contributed by atoms with Crippen LogP contribution in [-0.4, -0.2) is 36.2 Å². The SMILES string of the molecule is Fc1ccccc1NC(=S)N1CC[NH+](Cc2ccsc2)CC1. The van der Waals surface area contributed by atoms with Crippen LogP contribution in [0.1, 0.15) is 5.56 Å². The number of nitrogens with one attached hydrogen (secondary N) is 2. The maximum Gasteiger partial charge on any atom is 0.173 e. The predicted octanol–water partition coefficient (Wildman–Crippen LogP) is 1.98. The van der Waals surface area contributed by atoms with Crippen molar-refractivity contribution in [1.29, 1.82) is 0 Å². The highest BCUT2D eigenvalue weighted by Crippen LogP contribution is 2.13. The molecule has 0 amide bonds. The minimum atomic E-state index is -0.272. The number of anilines is 1. The Kier molecular flexibility index (Phi) is 5.02. The number of halogens is 1. The van der Waals surface area contributed by atoms with Gasteiger partial charge >= 0.3 is 0 Å². The molecular weight excluding hydrogens is 317 g/mol. The molecule has 2 aromatic rings. The number of quaternary nitrogens is 1. The summed E-state index contributed by atoms with van der Waals surface area (Å²) in [4.78, 5) is 3.70. The second-order valence-electron chi connectivity index (χ2n) is 5.46. The maximum absolute atomic E-state index is 13.6. The Hall–Kier alpha value is -1.50. The van der Waals surface area contributed by atoms with E-state index in [1.54, 1.807) is 34.4 Å². The molecule has 0 bridgehead atoms. The van der Waals surface area contributed by atoms with Gasteiger partial charge in [0.15, 0.2) is 5.11 Å². The van der Waals surface area contributed by atoms with Gasteiger partial charge in [-0.05, 0) is 41.2 Å². The van der Waals surface area contributed by atoms with Crippen molar-refractivity contribution in [2.24, 2.45) is 0 Å². The summed E-state index contributed by atoms with van der Waals surface area (Å²) < 4.78 is 13.6. The third-order valence-electron chi connectivity index (χ3n) is 3.91. The molecule has 0 atom stereocenters. The van der Waals surface area contributed by atoms with Crippen molar-refractivity contribution < 1.29 is 9.29 Å². The fourth-order valence-electron chi connectivity index (χ4n) is 2.64. The van der Waals surface area contributed by atoms with Crippen molar-refractivity contribution in [1.82, 2.24) is 4.90 Å². The van der Waals surface area contributed by atoms with Gasteiger partial charge in [-0.3, -0.25) is 0 Å².